The molecule has 2 saturated heterocycles. The van der Waals surface area contributed by atoms with Gasteiger partial charge in [-0.1, -0.05) is 0 Å². The van der Waals surface area contributed by atoms with E-state index in [2.05, 4.69) is 20.2 Å². The maximum absolute atomic E-state index is 11.8. The summed E-state index contributed by atoms with van der Waals surface area (Å²) in [6.45, 7) is 4.15. The fourth-order valence-electron chi connectivity index (χ4n) is 3.08. The van der Waals surface area contributed by atoms with Crippen molar-refractivity contribution in [3.63, 3.8) is 0 Å². The second-order valence-corrected chi connectivity index (χ2v) is 8.01. The summed E-state index contributed by atoms with van der Waals surface area (Å²) >= 11 is 0. The van der Waals surface area contributed by atoms with Crippen molar-refractivity contribution in [1.29, 1.82) is 0 Å². The van der Waals surface area contributed by atoms with Crippen molar-refractivity contribution in [2.75, 3.05) is 43.8 Å². The van der Waals surface area contributed by atoms with E-state index >= 15 is 0 Å². The van der Waals surface area contributed by atoms with Gasteiger partial charge in [-0.3, -0.25) is 0 Å². The summed E-state index contributed by atoms with van der Waals surface area (Å²) in [5, 5.41) is 3.43. The maximum Gasteiger partial charge on any atom is 0.214 e. The summed E-state index contributed by atoms with van der Waals surface area (Å²) in [4.78, 5) is 10.5. The van der Waals surface area contributed by atoms with Gasteiger partial charge in [-0.25, -0.2) is 22.7 Å². The molecule has 1 aromatic heterocycles. The molecule has 1 aromatic rings. The number of rotatable bonds is 5. The van der Waals surface area contributed by atoms with Gasteiger partial charge in [0.2, 0.25) is 10.0 Å². The average molecular weight is 325 g/mol. The number of likely N-dealkylation sites (tertiary alicyclic amines) is 1. The Balaban J connectivity index is 1.40. The molecule has 1 N–H and O–H groups in total. The lowest BCUT2D eigenvalue weighted by Gasteiger charge is -2.33. The van der Waals surface area contributed by atoms with Gasteiger partial charge in [0.05, 0.1) is 5.75 Å². The van der Waals surface area contributed by atoms with Gasteiger partial charge in [0, 0.05) is 45.0 Å². The predicted molar refractivity (Wildman–Crippen MR) is 85.1 cm³/mol. The van der Waals surface area contributed by atoms with E-state index in [0.717, 1.165) is 44.7 Å². The molecule has 2 fully saturated rings. The third kappa shape index (κ3) is 3.93. The molecule has 7 nitrogen and oxygen atoms in total. The first-order valence-corrected chi connectivity index (χ1v) is 9.47. The van der Waals surface area contributed by atoms with E-state index < -0.39 is 10.0 Å². The molecule has 0 saturated carbocycles. The first-order chi connectivity index (χ1) is 10.6. The normalized spacial score (nSPS) is 23.6. The van der Waals surface area contributed by atoms with Crippen LogP contribution < -0.4 is 5.32 Å². The zero-order chi connectivity index (χ0) is 15.4. The Labute approximate surface area is 131 Å². The van der Waals surface area contributed by atoms with Crippen LogP contribution in [-0.4, -0.2) is 72.1 Å². The van der Waals surface area contributed by atoms with E-state index in [4.69, 9.17) is 0 Å². The highest BCUT2D eigenvalue weighted by molar-refractivity contribution is 7.89. The first-order valence-electron chi connectivity index (χ1n) is 7.86. The minimum Gasteiger partial charge on any atom is -0.367 e. The van der Waals surface area contributed by atoms with E-state index in [9.17, 15) is 8.42 Å². The monoisotopic (exact) mass is 325 g/mol. The van der Waals surface area contributed by atoms with E-state index in [1.165, 1.54) is 0 Å². The maximum atomic E-state index is 11.8. The number of nitrogens with one attached hydrogen (secondary N) is 1. The van der Waals surface area contributed by atoms with E-state index in [0.29, 0.717) is 24.9 Å². The molecule has 0 spiro atoms. The average Bonchev–Trinajstić information content (AvgIpc) is 2.86. The van der Waals surface area contributed by atoms with Crippen LogP contribution in [0.2, 0.25) is 0 Å². The van der Waals surface area contributed by atoms with Gasteiger partial charge in [0.25, 0.3) is 0 Å². The molecule has 0 amide bonds. The molecular weight excluding hydrogens is 302 g/mol. The van der Waals surface area contributed by atoms with Crippen LogP contribution in [0, 0.1) is 0 Å². The standard InChI is InChI=1S/C14H23N5O2S/c20-22(21)11-1-6-19(22)10-9-18-7-3-13(4-8-18)17-14-2-5-15-12-16-14/h2,5,12-13H,1,3-4,6-11H2,(H,15,16,17). The fourth-order valence-corrected chi connectivity index (χ4v) is 4.60. The Morgan fingerprint density at radius 2 is 2.05 bits per heavy atom. The molecule has 0 atom stereocenters. The van der Waals surface area contributed by atoms with Crippen LogP contribution in [0.15, 0.2) is 18.6 Å². The molecule has 0 radical (unpaired) electrons. The Bertz CT molecular complexity index is 572. The highest BCUT2D eigenvalue weighted by atomic mass is 32.2. The Morgan fingerprint density at radius 1 is 1.23 bits per heavy atom. The molecule has 22 heavy (non-hydrogen) atoms. The SMILES string of the molecule is O=S1(=O)CCCN1CCN1CCC(Nc2ccncn2)CC1. The van der Waals surface area contributed by atoms with E-state index in [1.807, 2.05) is 6.07 Å². The third-order valence-electron chi connectivity index (χ3n) is 4.39. The van der Waals surface area contributed by atoms with Crippen LogP contribution in [0.1, 0.15) is 19.3 Å². The molecule has 0 unspecified atom stereocenters. The van der Waals surface area contributed by atoms with Crippen molar-refractivity contribution in [3.05, 3.63) is 18.6 Å². The highest BCUT2D eigenvalue weighted by Gasteiger charge is 2.28. The topological polar surface area (TPSA) is 78.4 Å². The smallest absolute Gasteiger partial charge is 0.214 e. The number of hydrogen-bond donors (Lipinski definition) is 1. The zero-order valence-electron chi connectivity index (χ0n) is 12.7. The summed E-state index contributed by atoms with van der Waals surface area (Å²) in [5.41, 5.74) is 0. The number of hydrogen-bond acceptors (Lipinski definition) is 6. The molecule has 3 rings (SSSR count). The van der Waals surface area contributed by atoms with Crippen molar-refractivity contribution in [1.82, 2.24) is 19.2 Å². The van der Waals surface area contributed by atoms with Gasteiger partial charge in [-0.15, -0.1) is 0 Å². The fraction of sp³-hybridized carbons (Fsp3) is 0.714. The van der Waals surface area contributed by atoms with Crippen molar-refractivity contribution < 1.29 is 8.42 Å². The zero-order valence-corrected chi connectivity index (χ0v) is 13.5. The van der Waals surface area contributed by atoms with Crippen LogP contribution in [0.5, 0.6) is 0 Å². The second kappa shape index (κ2) is 6.89. The lowest BCUT2D eigenvalue weighted by molar-refractivity contribution is 0.206. The summed E-state index contributed by atoms with van der Waals surface area (Å²) in [6.07, 6.45) is 6.16. The van der Waals surface area contributed by atoms with E-state index in [1.54, 1.807) is 16.8 Å². The lowest BCUT2D eigenvalue weighted by Crippen LogP contribution is -2.43. The van der Waals surface area contributed by atoms with Gasteiger partial charge in [-0.05, 0) is 25.3 Å². The summed E-state index contributed by atoms with van der Waals surface area (Å²) in [6, 6.07) is 2.31. The van der Waals surface area contributed by atoms with Crippen molar-refractivity contribution in [2.45, 2.75) is 25.3 Å². The molecule has 0 aliphatic carbocycles. The summed E-state index contributed by atoms with van der Waals surface area (Å²) < 4.78 is 25.2. The Kier molecular flexibility index (Phi) is 4.90. The van der Waals surface area contributed by atoms with Gasteiger partial charge < -0.3 is 10.2 Å². The van der Waals surface area contributed by atoms with Crippen molar-refractivity contribution >= 4 is 15.8 Å². The number of sulfonamides is 1. The quantitative estimate of drug-likeness (QED) is 0.844. The van der Waals surface area contributed by atoms with Crippen LogP contribution in [0.4, 0.5) is 5.82 Å². The lowest BCUT2D eigenvalue weighted by atomic mass is 10.1. The number of anilines is 1. The van der Waals surface area contributed by atoms with Gasteiger partial charge >= 0.3 is 0 Å². The molecule has 122 valence electrons. The molecule has 2 aliphatic heterocycles. The van der Waals surface area contributed by atoms with Crippen LogP contribution in [-0.2, 0) is 10.0 Å². The van der Waals surface area contributed by atoms with Crippen molar-refractivity contribution in [3.8, 4) is 0 Å². The molecule has 0 aromatic carbocycles. The second-order valence-electron chi connectivity index (χ2n) is 5.92. The van der Waals surface area contributed by atoms with Crippen LogP contribution in [0.3, 0.4) is 0 Å². The molecule has 2 aliphatic rings. The van der Waals surface area contributed by atoms with Gasteiger partial charge in [0.15, 0.2) is 0 Å². The van der Waals surface area contributed by atoms with Crippen molar-refractivity contribution in [2.24, 2.45) is 0 Å². The largest absolute Gasteiger partial charge is 0.367 e. The number of piperidine rings is 1. The highest BCUT2D eigenvalue weighted by Crippen LogP contribution is 2.16. The third-order valence-corrected chi connectivity index (χ3v) is 6.35. The Hall–Kier alpha value is -1.25. The summed E-state index contributed by atoms with van der Waals surface area (Å²) in [5.74, 6) is 1.19. The first kappa shape index (κ1) is 15.6. The van der Waals surface area contributed by atoms with Gasteiger partial charge in [-0.2, -0.15) is 0 Å². The predicted octanol–water partition coefficient (Wildman–Crippen LogP) is 0.388. The van der Waals surface area contributed by atoms with Crippen LogP contribution >= 0.6 is 0 Å². The summed E-state index contributed by atoms with van der Waals surface area (Å²) in [7, 11) is -2.96. The Morgan fingerprint density at radius 3 is 2.68 bits per heavy atom. The number of aromatic nitrogens is 2. The molecule has 3 heterocycles. The number of nitrogens with zero attached hydrogens (tertiary/aromatic N) is 4. The van der Waals surface area contributed by atoms with E-state index in [-0.39, 0.29) is 0 Å². The minimum absolute atomic E-state index is 0.317. The molecular formula is C14H23N5O2S. The van der Waals surface area contributed by atoms with Gasteiger partial charge in [0.1, 0.15) is 12.1 Å². The van der Waals surface area contributed by atoms with Crippen LogP contribution in [0.25, 0.3) is 0 Å². The molecule has 8 heteroatoms. The molecule has 0 bridgehead atoms. The minimum atomic E-state index is -2.96.